The lowest BCUT2D eigenvalue weighted by Gasteiger charge is -2.12. The summed E-state index contributed by atoms with van der Waals surface area (Å²) in [6, 6.07) is 6.15. The third-order valence-corrected chi connectivity index (χ3v) is 3.66. The summed E-state index contributed by atoms with van der Waals surface area (Å²) < 4.78 is 5.32. The van der Waals surface area contributed by atoms with Crippen molar-refractivity contribution in [2.24, 2.45) is 0 Å². The zero-order valence-corrected chi connectivity index (χ0v) is 10.4. The quantitative estimate of drug-likeness (QED) is 0.834. The molecule has 0 aromatic heterocycles. The third kappa shape index (κ3) is 2.48. The van der Waals surface area contributed by atoms with Crippen LogP contribution in [-0.4, -0.2) is 25.2 Å². The maximum absolute atomic E-state index is 11.7. The van der Waals surface area contributed by atoms with Crippen LogP contribution in [0.1, 0.15) is 24.0 Å². The summed E-state index contributed by atoms with van der Waals surface area (Å²) in [6.07, 6.45) is 4.08. The molecule has 96 valence electrons. The number of carbonyl (C=O) groups is 1. The van der Waals surface area contributed by atoms with Crippen LogP contribution in [0.15, 0.2) is 18.2 Å². The second-order valence-corrected chi connectivity index (χ2v) is 5.01. The fourth-order valence-corrected chi connectivity index (χ4v) is 2.69. The minimum Gasteiger partial charge on any atom is -0.410 e. The molecule has 1 aliphatic heterocycles. The minimum absolute atomic E-state index is 0.201. The fourth-order valence-electron chi connectivity index (χ4n) is 2.69. The van der Waals surface area contributed by atoms with Crippen molar-refractivity contribution in [3.63, 3.8) is 0 Å². The molecule has 1 unspecified atom stereocenters. The molecule has 18 heavy (non-hydrogen) atoms. The van der Waals surface area contributed by atoms with Gasteiger partial charge in [-0.15, -0.1) is 0 Å². The van der Waals surface area contributed by atoms with Gasteiger partial charge in [0, 0.05) is 12.6 Å². The summed E-state index contributed by atoms with van der Waals surface area (Å²) in [5.74, 6) is 0.652. The predicted octanol–water partition coefficient (Wildman–Crippen LogP) is 1.63. The maximum atomic E-state index is 11.7. The average Bonchev–Trinajstić information content (AvgIpc) is 2.98. The molecule has 2 N–H and O–H groups in total. The number of fused-ring (bicyclic) bond motifs is 1. The molecule has 0 radical (unpaired) electrons. The van der Waals surface area contributed by atoms with Gasteiger partial charge >= 0.3 is 6.09 Å². The number of nitrogens with one attached hydrogen (secondary N) is 2. The van der Waals surface area contributed by atoms with E-state index in [9.17, 15) is 4.79 Å². The van der Waals surface area contributed by atoms with E-state index in [2.05, 4.69) is 16.7 Å². The molecule has 1 aromatic rings. The normalized spacial score (nSPS) is 21.7. The van der Waals surface area contributed by atoms with E-state index in [1.54, 1.807) is 0 Å². The van der Waals surface area contributed by atoms with Crippen LogP contribution in [0.5, 0.6) is 5.75 Å². The highest BCUT2D eigenvalue weighted by molar-refractivity contribution is 5.71. The molecule has 1 saturated heterocycles. The number of benzene rings is 1. The van der Waals surface area contributed by atoms with E-state index in [1.807, 2.05) is 12.1 Å². The number of rotatable bonds is 2. The molecular weight excluding hydrogens is 228 g/mol. The van der Waals surface area contributed by atoms with E-state index in [4.69, 9.17) is 4.74 Å². The molecule has 1 heterocycles. The van der Waals surface area contributed by atoms with Gasteiger partial charge in [0.05, 0.1) is 0 Å². The highest BCUT2D eigenvalue weighted by Gasteiger charge is 2.18. The molecule has 1 fully saturated rings. The van der Waals surface area contributed by atoms with Gasteiger partial charge in [-0.25, -0.2) is 4.79 Å². The van der Waals surface area contributed by atoms with Crippen LogP contribution in [-0.2, 0) is 12.8 Å². The van der Waals surface area contributed by atoms with Gasteiger partial charge < -0.3 is 15.4 Å². The van der Waals surface area contributed by atoms with E-state index >= 15 is 0 Å². The summed E-state index contributed by atoms with van der Waals surface area (Å²) in [6.45, 7) is 1.79. The SMILES string of the molecule is O=C(NC1CCNC1)Oc1ccc2c(c1)CCC2. The topological polar surface area (TPSA) is 50.4 Å². The van der Waals surface area contributed by atoms with Crippen LogP contribution in [0.2, 0.25) is 0 Å². The highest BCUT2D eigenvalue weighted by atomic mass is 16.6. The lowest BCUT2D eigenvalue weighted by Crippen LogP contribution is -2.38. The summed E-state index contributed by atoms with van der Waals surface area (Å²) in [4.78, 5) is 11.7. The monoisotopic (exact) mass is 246 g/mol. The van der Waals surface area contributed by atoms with Gasteiger partial charge in [-0.05, 0) is 55.5 Å². The smallest absolute Gasteiger partial charge is 0.410 e. The molecule has 0 bridgehead atoms. The number of hydrogen-bond donors (Lipinski definition) is 2. The Balaban J connectivity index is 1.60. The number of carbonyl (C=O) groups excluding carboxylic acids is 1. The predicted molar refractivity (Wildman–Crippen MR) is 68.9 cm³/mol. The number of ether oxygens (including phenoxy) is 1. The summed E-state index contributed by atoms with van der Waals surface area (Å²) >= 11 is 0. The first kappa shape index (κ1) is 11.5. The molecule has 1 atom stereocenters. The second kappa shape index (κ2) is 4.98. The molecule has 2 aliphatic rings. The Morgan fingerprint density at radius 1 is 1.33 bits per heavy atom. The molecule has 0 spiro atoms. The summed E-state index contributed by atoms with van der Waals surface area (Å²) in [5, 5.41) is 6.08. The minimum atomic E-state index is -0.346. The molecule has 1 amide bonds. The Hall–Kier alpha value is -1.55. The number of amides is 1. The molecule has 1 aliphatic carbocycles. The third-order valence-electron chi connectivity index (χ3n) is 3.66. The van der Waals surface area contributed by atoms with Crippen LogP contribution < -0.4 is 15.4 Å². The first-order valence-electron chi connectivity index (χ1n) is 6.62. The zero-order valence-electron chi connectivity index (χ0n) is 10.4. The Morgan fingerprint density at radius 2 is 2.22 bits per heavy atom. The van der Waals surface area contributed by atoms with E-state index < -0.39 is 0 Å². The standard InChI is InChI=1S/C14H18N2O2/c17-14(16-12-6-7-15-9-12)18-13-5-4-10-2-1-3-11(10)8-13/h4-5,8,12,15H,1-3,6-7,9H2,(H,16,17). The van der Waals surface area contributed by atoms with Gasteiger partial charge in [0.15, 0.2) is 0 Å². The van der Waals surface area contributed by atoms with Crippen LogP contribution in [0, 0.1) is 0 Å². The summed E-state index contributed by atoms with van der Waals surface area (Å²) in [5.41, 5.74) is 2.71. The number of aryl methyl sites for hydroxylation is 2. The van der Waals surface area contributed by atoms with Crippen molar-refractivity contribution in [1.29, 1.82) is 0 Å². The van der Waals surface area contributed by atoms with Crippen molar-refractivity contribution in [2.45, 2.75) is 31.7 Å². The van der Waals surface area contributed by atoms with Gasteiger partial charge in [0.25, 0.3) is 0 Å². The van der Waals surface area contributed by atoms with Crippen molar-refractivity contribution < 1.29 is 9.53 Å². The van der Waals surface area contributed by atoms with Crippen LogP contribution in [0.3, 0.4) is 0 Å². The van der Waals surface area contributed by atoms with Crippen LogP contribution in [0.4, 0.5) is 4.79 Å². The fraction of sp³-hybridized carbons (Fsp3) is 0.500. The van der Waals surface area contributed by atoms with Gasteiger partial charge in [0.1, 0.15) is 5.75 Å². The first-order valence-corrected chi connectivity index (χ1v) is 6.62. The average molecular weight is 246 g/mol. The Labute approximate surface area is 107 Å². The molecule has 1 aromatic carbocycles. The maximum Gasteiger partial charge on any atom is 0.412 e. The number of hydrogen-bond acceptors (Lipinski definition) is 3. The molecule has 0 saturated carbocycles. The molecule has 4 nitrogen and oxygen atoms in total. The van der Waals surface area contributed by atoms with E-state index in [-0.39, 0.29) is 12.1 Å². The van der Waals surface area contributed by atoms with Gasteiger partial charge in [-0.3, -0.25) is 0 Å². The van der Waals surface area contributed by atoms with Crippen molar-refractivity contribution in [1.82, 2.24) is 10.6 Å². The molecule has 3 rings (SSSR count). The van der Waals surface area contributed by atoms with Gasteiger partial charge in [-0.2, -0.15) is 0 Å². The Kier molecular flexibility index (Phi) is 3.19. The lowest BCUT2D eigenvalue weighted by atomic mass is 10.1. The van der Waals surface area contributed by atoms with Gasteiger partial charge in [0.2, 0.25) is 0 Å². The van der Waals surface area contributed by atoms with E-state index in [0.717, 1.165) is 32.4 Å². The van der Waals surface area contributed by atoms with Crippen molar-refractivity contribution in [3.8, 4) is 5.75 Å². The molecular formula is C14H18N2O2. The van der Waals surface area contributed by atoms with Gasteiger partial charge in [-0.1, -0.05) is 6.07 Å². The molecule has 4 heteroatoms. The Morgan fingerprint density at radius 3 is 3.06 bits per heavy atom. The first-order chi connectivity index (χ1) is 8.81. The van der Waals surface area contributed by atoms with Crippen molar-refractivity contribution >= 4 is 6.09 Å². The second-order valence-electron chi connectivity index (χ2n) is 5.01. The van der Waals surface area contributed by atoms with Crippen LogP contribution in [0.25, 0.3) is 0 Å². The van der Waals surface area contributed by atoms with E-state index in [0.29, 0.717) is 5.75 Å². The van der Waals surface area contributed by atoms with Crippen LogP contribution >= 0.6 is 0 Å². The van der Waals surface area contributed by atoms with Crippen molar-refractivity contribution in [3.05, 3.63) is 29.3 Å². The zero-order chi connectivity index (χ0) is 12.4. The Bertz CT molecular complexity index is 453. The van der Waals surface area contributed by atoms with E-state index in [1.165, 1.54) is 17.5 Å². The van der Waals surface area contributed by atoms with Crippen molar-refractivity contribution in [2.75, 3.05) is 13.1 Å². The highest BCUT2D eigenvalue weighted by Crippen LogP contribution is 2.26. The summed E-state index contributed by atoms with van der Waals surface area (Å²) in [7, 11) is 0. The largest absolute Gasteiger partial charge is 0.412 e. The lowest BCUT2D eigenvalue weighted by molar-refractivity contribution is 0.197.